The molecular weight excluding hydrogens is 228 g/mol. The average Bonchev–Trinajstić information content (AvgIpc) is 2.77. The third kappa shape index (κ3) is 2.93. The second-order valence-electron chi connectivity index (χ2n) is 4.63. The normalized spacial score (nSPS) is 12.8. The first kappa shape index (κ1) is 12.7. The first-order chi connectivity index (χ1) is 8.70. The van der Waals surface area contributed by atoms with Gasteiger partial charge in [0, 0.05) is 13.0 Å². The summed E-state index contributed by atoms with van der Waals surface area (Å²) in [6.45, 7) is 4.20. The minimum Gasteiger partial charge on any atom is -0.454 e. The van der Waals surface area contributed by atoms with E-state index >= 15 is 0 Å². The van der Waals surface area contributed by atoms with E-state index in [0.717, 1.165) is 31.0 Å². The summed E-state index contributed by atoms with van der Waals surface area (Å²) in [7, 11) is 2.07. The van der Waals surface area contributed by atoms with Gasteiger partial charge in [0.25, 0.3) is 0 Å². The quantitative estimate of drug-likeness (QED) is 0.749. The summed E-state index contributed by atoms with van der Waals surface area (Å²) in [5.41, 5.74) is 2.46. The molecule has 0 saturated heterocycles. The van der Waals surface area contributed by atoms with E-state index in [1.165, 1.54) is 11.1 Å². The number of hydrogen-bond acceptors (Lipinski definition) is 4. The molecule has 0 atom stereocenters. The first-order valence-corrected chi connectivity index (χ1v) is 6.15. The minimum absolute atomic E-state index is 0.316. The van der Waals surface area contributed by atoms with Crippen LogP contribution in [0.1, 0.15) is 24.0 Å². The second-order valence-corrected chi connectivity index (χ2v) is 4.63. The van der Waals surface area contributed by atoms with Crippen molar-refractivity contribution < 1.29 is 9.47 Å². The summed E-state index contributed by atoms with van der Waals surface area (Å²) in [6.07, 6.45) is 1.53. The highest BCUT2D eigenvalue weighted by Crippen LogP contribution is 2.34. The number of benzene rings is 1. The van der Waals surface area contributed by atoms with E-state index in [0.29, 0.717) is 13.2 Å². The summed E-state index contributed by atoms with van der Waals surface area (Å²) in [5, 5.41) is 8.52. The van der Waals surface area contributed by atoms with Gasteiger partial charge in [-0.05, 0) is 50.2 Å². The third-order valence-electron chi connectivity index (χ3n) is 3.10. The van der Waals surface area contributed by atoms with E-state index < -0.39 is 0 Å². The number of hydrogen-bond donors (Lipinski definition) is 0. The zero-order chi connectivity index (χ0) is 13.0. The van der Waals surface area contributed by atoms with Crippen LogP contribution in [0.25, 0.3) is 0 Å². The molecule has 1 heterocycles. The standard InChI is InChI=1S/C14H18N2O2/c1-11-7-13-14(18-10-17-13)8-12(11)9-16(2)6-4-3-5-15/h7-8H,3-4,6,9-10H2,1-2H3. The molecule has 1 aliphatic heterocycles. The smallest absolute Gasteiger partial charge is 0.231 e. The monoisotopic (exact) mass is 246 g/mol. The van der Waals surface area contributed by atoms with Crippen LogP contribution in [0.3, 0.4) is 0 Å². The maximum atomic E-state index is 8.52. The lowest BCUT2D eigenvalue weighted by Crippen LogP contribution is -2.19. The number of nitrogens with zero attached hydrogens (tertiary/aromatic N) is 2. The number of rotatable bonds is 5. The third-order valence-corrected chi connectivity index (χ3v) is 3.10. The highest BCUT2D eigenvalue weighted by Gasteiger charge is 2.16. The SMILES string of the molecule is Cc1cc2c(cc1CN(C)CCCC#N)OCO2. The van der Waals surface area contributed by atoms with Crippen molar-refractivity contribution in [2.24, 2.45) is 0 Å². The number of aryl methyl sites for hydroxylation is 1. The van der Waals surface area contributed by atoms with Crippen molar-refractivity contribution in [2.45, 2.75) is 26.3 Å². The molecule has 96 valence electrons. The average molecular weight is 246 g/mol. The van der Waals surface area contributed by atoms with Crippen LogP contribution in [-0.4, -0.2) is 25.3 Å². The summed E-state index contributed by atoms with van der Waals surface area (Å²) in [4.78, 5) is 2.22. The van der Waals surface area contributed by atoms with Gasteiger partial charge in [0.15, 0.2) is 11.5 Å². The van der Waals surface area contributed by atoms with Gasteiger partial charge in [0.05, 0.1) is 6.07 Å². The van der Waals surface area contributed by atoms with E-state index in [-0.39, 0.29) is 0 Å². The Kier molecular flexibility index (Phi) is 4.06. The Balaban J connectivity index is 1.99. The molecule has 4 heteroatoms. The van der Waals surface area contributed by atoms with E-state index in [1.54, 1.807) is 0 Å². The molecule has 0 N–H and O–H groups in total. The number of nitriles is 1. The molecule has 4 nitrogen and oxygen atoms in total. The topological polar surface area (TPSA) is 45.5 Å². The van der Waals surface area contributed by atoms with Crippen molar-refractivity contribution in [3.63, 3.8) is 0 Å². The Morgan fingerprint density at radius 3 is 2.78 bits per heavy atom. The Bertz CT molecular complexity index is 466. The molecule has 18 heavy (non-hydrogen) atoms. The summed E-state index contributed by atoms with van der Waals surface area (Å²) in [5.74, 6) is 1.67. The van der Waals surface area contributed by atoms with Crippen LogP contribution in [0.5, 0.6) is 11.5 Å². The van der Waals surface area contributed by atoms with E-state index in [1.807, 2.05) is 6.07 Å². The maximum Gasteiger partial charge on any atom is 0.231 e. The molecule has 1 aliphatic rings. The Labute approximate surface area is 108 Å². The molecule has 0 saturated carbocycles. The zero-order valence-corrected chi connectivity index (χ0v) is 10.9. The Hall–Kier alpha value is -1.73. The minimum atomic E-state index is 0.316. The van der Waals surface area contributed by atoms with Crippen molar-refractivity contribution in [3.05, 3.63) is 23.3 Å². The number of ether oxygens (including phenoxy) is 2. The van der Waals surface area contributed by atoms with Gasteiger partial charge in [-0.1, -0.05) is 0 Å². The van der Waals surface area contributed by atoms with Crippen LogP contribution in [0.2, 0.25) is 0 Å². The lowest BCUT2D eigenvalue weighted by molar-refractivity contribution is 0.174. The molecule has 0 spiro atoms. The predicted molar refractivity (Wildman–Crippen MR) is 68.5 cm³/mol. The summed E-state index contributed by atoms with van der Waals surface area (Å²) < 4.78 is 10.7. The second kappa shape index (κ2) is 5.74. The zero-order valence-electron chi connectivity index (χ0n) is 10.9. The van der Waals surface area contributed by atoms with Crippen LogP contribution in [0.15, 0.2) is 12.1 Å². The summed E-state index contributed by atoms with van der Waals surface area (Å²) >= 11 is 0. The fraction of sp³-hybridized carbons (Fsp3) is 0.500. The Morgan fingerprint density at radius 2 is 2.06 bits per heavy atom. The van der Waals surface area contributed by atoms with Crippen LogP contribution in [0, 0.1) is 18.3 Å². The summed E-state index contributed by atoms with van der Waals surface area (Å²) in [6, 6.07) is 6.25. The highest BCUT2D eigenvalue weighted by atomic mass is 16.7. The molecule has 0 aromatic heterocycles. The molecule has 1 aromatic rings. The van der Waals surface area contributed by atoms with Gasteiger partial charge in [-0.25, -0.2) is 0 Å². The van der Waals surface area contributed by atoms with Gasteiger partial charge in [0.2, 0.25) is 6.79 Å². The van der Waals surface area contributed by atoms with Crippen LogP contribution in [-0.2, 0) is 6.54 Å². The fourth-order valence-electron chi connectivity index (χ4n) is 2.05. The highest BCUT2D eigenvalue weighted by molar-refractivity contribution is 5.48. The van der Waals surface area contributed by atoms with E-state index in [9.17, 15) is 0 Å². The molecule has 0 amide bonds. The molecule has 0 radical (unpaired) electrons. The van der Waals surface area contributed by atoms with Gasteiger partial charge in [-0.2, -0.15) is 5.26 Å². The van der Waals surface area contributed by atoms with E-state index in [4.69, 9.17) is 14.7 Å². The van der Waals surface area contributed by atoms with Crippen LogP contribution in [0.4, 0.5) is 0 Å². The van der Waals surface area contributed by atoms with E-state index in [2.05, 4.69) is 31.0 Å². The first-order valence-electron chi connectivity index (χ1n) is 6.15. The molecule has 0 bridgehead atoms. The molecule has 0 fully saturated rings. The number of fused-ring (bicyclic) bond motifs is 1. The lowest BCUT2D eigenvalue weighted by Gasteiger charge is -2.17. The maximum absolute atomic E-state index is 8.52. The number of unbranched alkanes of at least 4 members (excludes halogenated alkanes) is 1. The van der Waals surface area contributed by atoms with Gasteiger partial charge in [-0.15, -0.1) is 0 Å². The van der Waals surface area contributed by atoms with Gasteiger partial charge >= 0.3 is 0 Å². The van der Waals surface area contributed by atoms with Crippen LogP contribution >= 0.6 is 0 Å². The van der Waals surface area contributed by atoms with Crippen molar-refractivity contribution >= 4 is 0 Å². The Morgan fingerprint density at radius 1 is 1.33 bits per heavy atom. The fourth-order valence-corrected chi connectivity index (χ4v) is 2.05. The molecule has 0 aliphatic carbocycles. The molecular formula is C14H18N2O2. The lowest BCUT2D eigenvalue weighted by atomic mass is 10.1. The molecule has 0 unspecified atom stereocenters. The molecule has 1 aromatic carbocycles. The molecule has 2 rings (SSSR count). The van der Waals surface area contributed by atoms with Crippen molar-refractivity contribution in [3.8, 4) is 17.6 Å². The van der Waals surface area contributed by atoms with Crippen LogP contribution < -0.4 is 9.47 Å². The van der Waals surface area contributed by atoms with Gasteiger partial charge in [-0.3, -0.25) is 0 Å². The van der Waals surface area contributed by atoms with Crippen molar-refractivity contribution in [2.75, 3.05) is 20.4 Å². The van der Waals surface area contributed by atoms with Crippen molar-refractivity contribution in [1.29, 1.82) is 5.26 Å². The van der Waals surface area contributed by atoms with Gasteiger partial charge in [0.1, 0.15) is 0 Å². The predicted octanol–water partition coefficient (Wildman–Crippen LogP) is 2.46. The largest absolute Gasteiger partial charge is 0.454 e. The van der Waals surface area contributed by atoms with Crippen molar-refractivity contribution in [1.82, 2.24) is 4.90 Å². The van der Waals surface area contributed by atoms with Gasteiger partial charge < -0.3 is 14.4 Å².